The summed E-state index contributed by atoms with van der Waals surface area (Å²) < 4.78 is 50.9. The molecule has 1 aliphatic carbocycles. The summed E-state index contributed by atoms with van der Waals surface area (Å²) in [5.41, 5.74) is 4.40. The quantitative estimate of drug-likeness (QED) is 0.808. The van der Waals surface area contributed by atoms with Gasteiger partial charge in [-0.25, -0.2) is 4.39 Å². The van der Waals surface area contributed by atoms with Gasteiger partial charge in [-0.1, -0.05) is 19.9 Å². The molecule has 0 radical (unpaired) electrons. The second-order valence-electron chi connectivity index (χ2n) is 5.47. The van der Waals surface area contributed by atoms with Crippen LogP contribution in [-0.4, -0.2) is 5.54 Å². The third-order valence-electron chi connectivity index (χ3n) is 4.03. The van der Waals surface area contributed by atoms with Crippen molar-refractivity contribution in [2.45, 2.75) is 43.8 Å². The molecule has 0 aliphatic heterocycles. The van der Waals surface area contributed by atoms with Gasteiger partial charge in [-0.05, 0) is 30.5 Å². The molecule has 2 rings (SSSR count). The lowest BCUT2D eigenvalue weighted by molar-refractivity contribution is -0.140. The minimum Gasteiger partial charge on any atom is -0.324 e. The highest BCUT2D eigenvalue weighted by molar-refractivity contribution is 5.36. The van der Waals surface area contributed by atoms with Crippen LogP contribution in [0, 0.1) is 5.82 Å². The Morgan fingerprint density at radius 3 is 2.11 bits per heavy atom. The Morgan fingerprint density at radius 1 is 1.17 bits per heavy atom. The summed E-state index contributed by atoms with van der Waals surface area (Å²) in [6, 6.07) is 3.06. The van der Waals surface area contributed by atoms with Crippen LogP contribution in [0.25, 0.3) is 0 Å². The Hall–Kier alpha value is -1.10. The summed E-state index contributed by atoms with van der Waals surface area (Å²) in [7, 11) is 0. The molecule has 0 saturated heterocycles. The largest absolute Gasteiger partial charge is 0.419 e. The molecular formula is C13H15F4N. The van der Waals surface area contributed by atoms with Crippen molar-refractivity contribution in [1.29, 1.82) is 0 Å². The maximum absolute atomic E-state index is 13.5. The van der Waals surface area contributed by atoms with E-state index < -0.39 is 28.5 Å². The molecular weight excluding hydrogens is 246 g/mol. The summed E-state index contributed by atoms with van der Waals surface area (Å²) in [6.45, 7) is 3.67. The molecule has 1 aliphatic rings. The standard InChI is InChI=1S/C13H15F4N/c1-11(2,12(18)5-6-12)8-3-4-9(10(14)7-8)13(15,16)17/h3-4,7H,5-6,18H2,1-2H3. The van der Waals surface area contributed by atoms with Gasteiger partial charge in [0.25, 0.3) is 0 Å². The molecule has 0 unspecified atom stereocenters. The summed E-state index contributed by atoms with van der Waals surface area (Å²) in [4.78, 5) is 0. The van der Waals surface area contributed by atoms with E-state index in [4.69, 9.17) is 5.73 Å². The van der Waals surface area contributed by atoms with Gasteiger partial charge < -0.3 is 5.73 Å². The van der Waals surface area contributed by atoms with Crippen LogP contribution in [0.2, 0.25) is 0 Å². The van der Waals surface area contributed by atoms with Crippen LogP contribution in [0.15, 0.2) is 18.2 Å². The van der Waals surface area contributed by atoms with Crippen molar-refractivity contribution in [2.24, 2.45) is 5.73 Å². The Kier molecular flexibility index (Phi) is 2.74. The lowest BCUT2D eigenvalue weighted by Gasteiger charge is -2.32. The van der Waals surface area contributed by atoms with E-state index in [9.17, 15) is 17.6 Å². The zero-order chi connectivity index (χ0) is 13.8. The fourth-order valence-corrected chi connectivity index (χ4v) is 2.18. The third-order valence-corrected chi connectivity index (χ3v) is 4.03. The van der Waals surface area contributed by atoms with E-state index in [0.717, 1.165) is 25.0 Å². The molecule has 1 aromatic carbocycles. The van der Waals surface area contributed by atoms with Crippen LogP contribution in [0.1, 0.15) is 37.8 Å². The van der Waals surface area contributed by atoms with Crippen molar-refractivity contribution in [3.63, 3.8) is 0 Å². The summed E-state index contributed by atoms with van der Waals surface area (Å²) in [5, 5.41) is 0. The average molecular weight is 261 g/mol. The minimum absolute atomic E-state index is 0.431. The van der Waals surface area contributed by atoms with Gasteiger partial charge in [-0.15, -0.1) is 0 Å². The number of hydrogen-bond donors (Lipinski definition) is 1. The van der Waals surface area contributed by atoms with Crippen LogP contribution < -0.4 is 5.73 Å². The first-order valence-corrected chi connectivity index (χ1v) is 5.74. The van der Waals surface area contributed by atoms with Gasteiger partial charge in [0.2, 0.25) is 0 Å². The van der Waals surface area contributed by atoms with E-state index in [1.165, 1.54) is 6.07 Å². The fraction of sp³-hybridized carbons (Fsp3) is 0.538. The fourth-order valence-electron chi connectivity index (χ4n) is 2.18. The number of benzene rings is 1. The molecule has 2 N–H and O–H groups in total. The van der Waals surface area contributed by atoms with Gasteiger partial charge in [0.1, 0.15) is 5.82 Å². The lowest BCUT2D eigenvalue weighted by Crippen LogP contribution is -2.43. The number of hydrogen-bond acceptors (Lipinski definition) is 1. The first kappa shape index (κ1) is 13.3. The van der Waals surface area contributed by atoms with Crippen molar-refractivity contribution in [1.82, 2.24) is 0 Å². The molecule has 0 amide bonds. The zero-order valence-electron chi connectivity index (χ0n) is 10.2. The van der Waals surface area contributed by atoms with Crippen LogP contribution in [0.4, 0.5) is 17.6 Å². The molecule has 1 nitrogen and oxygen atoms in total. The van der Waals surface area contributed by atoms with Gasteiger partial charge in [-0.3, -0.25) is 0 Å². The Bertz CT molecular complexity index is 472. The highest BCUT2D eigenvalue weighted by Gasteiger charge is 2.52. The maximum atomic E-state index is 13.5. The molecule has 0 atom stereocenters. The Labute approximate surface area is 103 Å². The van der Waals surface area contributed by atoms with Gasteiger partial charge in [0.05, 0.1) is 5.56 Å². The molecule has 0 spiro atoms. The van der Waals surface area contributed by atoms with Crippen molar-refractivity contribution >= 4 is 0 Å². The normalized spacial score (nSPS) is 18.8. The topological polar surface area (TPSA) is 26.0 Å². The first-order chi connectivity index (χ1) is 8.08. The van der Waals surface area contributed by atoms with E-state index in [0.29, 0.717) is 5.56 Å². The van der Waals surface area contributed by atoms with Gasteiger partial charge in [0, 0.05) is 11.0 Å². The number of nitrogens with two attached hydrogens (primary N) is 1. The third kappa shape index (κ3) is 2.00. The summed E-state index contributed by atoms with van der Waals surface area (Å²) in [6.07, 6.45) is -3.04. The minimum atomic E-state index is -4.66. The highest BCUT2D eigenvalue weighted by atomic mass is 19.4. The smallest absolute Gasteiger partial charge is 0.324 e. The van der Waals surface area contributed by atoms with Crippen molar-refractivity contribution in [3.05, 3.63) is 35.1 Å². The molecule has 0 bridgehead atoms. The molecule has 1 saturated carbocycles. The summed E-state index contributed by atoms with van der Waals surface area (Å²) in [5.74, 6) is -1.24. The number of rotatable bonds is 2. The molecule has 5 heteroatoms. The lowest BCUT2D eigenvalue weighted by atomic mass is 9.76. The van der Waals surface area contributed by atoms with Crippen LogP contribution >= 0.6 is 0 Å². The Morgan fingerprint density at radius 2 is 1.72 bits per heavy atom. The van der Waals surface area contributed by atoms with E-state index in [2.05, 4.69) is 0 Å². The van der Waals surface area contributed by atoms with E-state index in [-0.39, 0.29) is 0 Å². The predicted octanol–water partition coefficient (Wildman–Crippen LogP) is 3.61. The molecule has 0 aromatic heterocycles. The van der Waals surface area contributed by atoms with Crippen molar-refractivity contribution in [2.75, 3.05) is 0 Å². The second-order valence-corrected chi connectivity index (χ2v) is 5.47. The van der Waals surface area contributed by atoms with Gasteiger partial charge in [0.15, 0.2) is 0 Å². The first-order valence-electron chi connectivity index (χ1n) is 5.74. The molecule has 1 fully saturated rings. The number of halogens is 4. The van der Waals surface area contributed by atoms with Crippen molar-refractivity contribution < 1.29 is 17.6 Å². The van der Waals surface area contributed by atoms with Crippen LogP contribution in [0.3, 0.4) is 0 Å². The predicted molar refractivity (Wildman–Crippen MR) is 60.6 cm³/mol. The SMILES string of the molecule is CC(C)(c1ccc(C(F)(F)F)c(F)c1)C1(N)CC1. The average Bonchev–Trinajstić information content (AvgIpc) is 2.96. The van der Waals surface area contributed by atoms with E-state index in [1.807, 2.05) is 13.8 Å². The van der Waals surface area contributed by atoms with E-state index in [1.54, 1.807) is 0 Å². The summed E-state index contributed by atoms with van der Waals surface area (Å²) >= 11 is 0. The monoisotopic (exact) mass is 261 g/mol. The van der Waals surface area contributed by atoms with Crippen LogP contribution in [-0.2, 0) is 11.6 Å². The molecule has 1 aromatic rings. The molecule has 0 heterocycles. The number of alkyl halides is 3. The Balaban J connectivity index is 2.41. The van der Waals surface area contributed by atoms with Crippen molar-refractivity contribution in [3.8, 4) is 0 Å². The van der Waals surface area contributed by atoms with E-state index >= 15 is 0 Å². The van der Waals surface area contributed by atoms with Gasteiger partial charge in [-0.2, -0.15) is 13.2 Å². The van der Waals surface area contributed by atoms with Crippen LogP contribution in [0.5, 0.6) is 0 Å². The zero-order valence-corrected chi connectivity index (χ0v) is 10.2. The highest BCUT2D eigenvalue weighted by Crippen LogP contribution is 2.49. The second kappa shape index (κ2) is 3.70. The molecule has 18 heavy (non-hydrogen) atoms. The van der Waals surface area contributed by atoms with Gasteiger partial charge >= 0.3 is 6.18 Å². The molecule has 100 valence electrons. The maximum Gasteiger partial charge on any atom is 0.419 e.